The first kappa shape index (κ1) is 10.2. The van der Waals surface area contributed by atoms with Gasteiger partial charge in [0.2, 0.25) is 0 Å². The number of rotatable bonds is 3. The predicted molar refractivity (Wildman–Crippen MR) is 61.7 cm³/mol. The van der Waals surface area contributed by atoms with Crippen LogP contribution in [-0.4, -0.2) is 16.2 Å². The molecular formula is C12H17N3. The van der Waals surface area contributed by atoms with Crippen LogP contribution in [0, 0.1) is 5.41 Å². The Morgan fingerprint density at radius 1 is 1.40 bits per heavy atom. The molecule has 0 aromatic carbocycles. The minimum atomic E-state index is 0.138. The molecule has 2 aromatic heterocycles. The van der Waals surface area contributed by atoms with Crippen LogP contribution in [0.5, 0.6) is 0 Å². The molecule has 0 fully saturated rings. The van der Waals surface area contributed by atoms with E-state index in [1.165, 1.54) is 11.1 Å². The molecule has 15 heavy (non-hydrogen) atoms. The average Bonchev–Trinajstić information content (AvgIpc) is 2.62. The molecular weight excluding hydrogens is 186 g/mol. The van der Waals surface area contributed by atoms with Crippen molar-refractivity contribution in [3.63, 3.8) is 0 Å². The summed E-state index contributed by atoms with van der Waals surface area (Å²) in [5.74, 6) is 0. The molecule has 0 saturated carbocycles. The van der Waals surface area contributed by atoms with E-state index in [4.69, 9.17) is 5.73 Å². The maximum Gasteiger partial charge on any atom is 0.0693 e. The van der Waals surface area contributed by atoms with Crippen LogP contribution in [0.25, 0.3) is 5.52 Å². The van der Waals surface area contributed by atoms with Crippen molar-refractivity contribution in [1.29, 1.82) is 0 Å². The van der Waals surface area contributed by atoms with E-state index >= 15 is 0 Å². The molecule has 3 nitrogen and oxygen atoms in total. The van der Waals surface area contributed by atoms with Gasteiger partial charge in [-0.15, -0.1) is 0 Å². The van der Waals surface area contributed by atoms with Gasteiger partial charge in [0, 0.05) is 6.20 Å². The summed E-state index contributed by atoms with van der Waals surface area (Å²) in [4.78, 5) is 0. The van der Waals surface area contributed by atoms with E-state index in [9.17, 15) is 0 Å². The van der Waals surface area contributed by atoms with E-state index in [1.54, 1.807) is 0 Å². The van der Waals surface area contributed by atoms with Gasteiger partial charge in [-0.2, -0.15) is 5.10 Å². The molecule has 0 aliphatic carbocycles. The van der Waals surface area contributed by atoms with Gasteiger partial charge in [-0.25, -0.2) is 4.52 Å². The van der Waals surface area contributed by atoms with Crippen LogP contribution in [0.1, 0.15) is 19.4 Å². The second-order valence-electron chi connectivity index (χ2n) is 4.75. The zero-order chi connectivity index (χ0) is 10.9. The minimum absolute atomic E-state index is 0.138. The van der Waals surface area contributed by atoms with E-state index in [-0.39, 0.29) is 5.41 Å². The molecule has 2 aromatic rings. The van der Waals surface area contributed by atoms with Crippen LogP contribution in [0.3, 0.4) is 0 Å². The molecule has 0 radical (unpaired) electrons. The Kier molecular flexibility index (Phi) is 2.49. The number of aromatic nitrogens is 2. The van der Waals surface area contributed by atoms with E-state index in [1.807, 2.05) is 29.0 Å². The van der Waals surface area contributed by atoms with Crippen LogP contribution in [0.2, 0.25) is 0 Å². The van der Waals surface area contributed by atoms with Gasteiger partial charge >= 0.3 is 0 Å². The quantitative estimate of drug-likeness (QED) is 0.827. The second-order valence-corrected chi connectivity index (χ2v) is 4.75. The number of fused-ring (bicyclic) bond motifs is 1. The van der Waals surface area contributed by atoms with Gasteiger partial charge in [-0.05, 0) is 36.1 Å². The van der Waals surface area contributed by atoms with Crippen LogP contribution >= 0.6 is 0 Å². The van der Waals surface area contributed by atoms with Crippen molar-refractivity contribution in [2.24, 2.45) is 11.1 Å². The van der Waals surface area contributed by atoms with Crippen LogP contribution in [0.15, 0.2) is 30.6 Å². The lowest BCUT2D eigenvalue weighted by Crippen LogP contribution is -2.25. The van der Waals surface area contributed by atoms with E-state index in [0.29, 0.717) is 6.54 Å². The summed E-state index contributed by atoms with van der Waals surface area (Å²) in [6.45, 7) is 5.05. The Morgan fingerprint density at radius 3 is 2.93 bits per heavy atom. The fourth-order valence-corrected chi connectivity index (χ4v) is 1.71. The van der Waals surface area contributed by atoms with E-state index < -0.39 is 0 Å². The van der Waals surface area contributed by atoms with Gasteiger partial charge in [0.15, 0.2) is 0 Å². The van der Waals surface area contributed by atoms with Crippen molar-refractivity contribution >= 4 is 5.52 Å². The molecule has 0 unspecified atom stereocenters. The fourth-order valence-electron chi connectivity index (χ4n) is 1.71. The predicted octanol–water partition coefficient (Wildman–Crippen LogP) is 1.86. The molecule has 2 rings (SSSR count). The summed E-state index contributed by atoms with van der Waals surface area (Å²) in [5, 5.41) is 4.31. The van der Waals surface area contributed by atoms with Gasteiger partial charge in [-0.3, -0.25) is 0 Å². The molecule has 80 valence electrons. The van der Waals surface area contributed by atoms with Crippen LogP contribution < -0.4 is 5.73 Å². The summed E-state index contributed by atoms with van der Waals surface area (Å²) in [6, 6.07) is 6.11. The van der Waals surface area contributed by atoms with Gasteiger partial charge in [-0.1, -0.05) is 19.9 Å². The van der Waals surface area contributed by atoms with Crippen molar-refractivity contribution in [2.45, 2.75) is 20.3 Å². The lowest BCUT2D eigenvalue weighted by molar-refractivity contribution is 0.378. The van der Waals surface area contributed by atoms with Crippen molar-refractivity contribution in [1.82, 2.24) is 9.61 Å². The highest BCUT2D eigenvalue weighted by Gasteiger charge is 2.18. The molecule has 0 bridgehead atoms. The summed E-state index contributed by atoms with van der Waals surface area (Å²) >= 11 is 0. The molecule has 0 atom stereocenters. The Balaban J connectivity index is 2.37. The zero-order valence-corrected chi connectivity index (χ0v) is 9.27. The normalized spacial score (nSPS) is 12.2. The summed E-state index contributed by atoms with van der Waals surface area (Å²) in [7, 11) is 0. The van der Waals surface area contributed by atoms with Crippen LogP contribution in [0.4, 0.5) is 0 Å². The number of nitrogens with zero attached hydrogens (tertiary/aromatic N) is 2. The van der Waals surface area contributed by atoms with Crippen molar-refractivity contribution in [3.05, 3.63) is 36.2 Å². The maximum absolute atomic E-state index is 5.74. The highest BCUT2D eigenvalue weighted by Crippen LogP contribution is 2.22. The molecule has 0 spiro atoms. The highest BCUT2D eigenvalue weighted by molar-refractivity contribution is 5.53. The van der Waals surface area contributed by atoms with Crippen LogP contribution in [-0.2, 0) is 6.42 Å². The maximum atomic E-state index is 5.74. The molecule has 0 saturated heterocycles. The molecule has 3 heteroatoms. The minimum Gasteiger partial charge on any atom is -0.330 e. The SMILES string of the molecule is CC(C)(CN)Cc1cnn2ccccc12. The standard InChI is InChI=1S/C12H17N3/c1-12(2,9-13)7-10-8-14-15-6-4-3-5-11(10)15/h3-6,8H,7,9,13H2,1-2H3. The fraction of sp³-hybridized carbons (Fsp3) is 0.417. The zero-order valence-electron chi connectivity index (χ0n) is 9.27. The van der Waals surface area contributed by atoms with Crippen molar-refractivity contribution < 1.29 is 0 Å². The molecule has 0 amide bonds. The molecule has 2 N–H and O–H groups in total. The third-order valence-corrected chi connectivity index (χ3v) is 2.73. The summed E-state index contributed by atoms with van der Waals surface area (Å²) in [5.41, 5.74) is 8.33. The van der Waals surface area contributed by atoms with Gasteiger partial charge in [0.25, 0.3) is 0 Å². The summed E-state index contributed by atoms with van der Waals surface area (Å²) < 4.78 is 1.90. The topological polar surface area (TPSA) is 43.3 Å². The summed E-state index contributed by atoms with van der Waals surface area (Å²) in [6.07, 6.45) is 4.87. The molecule has 0 aliphatic rings. The molecule has 2 heterocycles. The highest BCUT2D eigenvalue weighted by atomic mass is 15.2. The second kappa shape index (κ2) is 3.66. The Bertz CT molecular complexity index is 457. The first-order valence-corrected chi connectivity index (χ1v) is 5.24. The molecule has 0 aliphatic heterocycles. The van der Waals surface area contributed by atoms with Gasteiger partial charge in [0.05, 0.1) is 11.7 Å². The Labute approximate surface area is 89.9 Å². The lowest BCUT2D eigenvalue weighted by Gasteiger charge is -2.21. The third kappa shape index (κ3) is 2.02. The number of nitrogens with two attached hydrogens (primary N) is 1. The van der Waals surface area contributed by atoms with Crippen molar-refractivity contribution in [2.75, 3.05) is 6.54 Å². The van der Waals surface area contributed by atoms with Gasteiger partial charge < -0.3 is 5.73 Å². The smallest absolute Gasteiger partial charge is 0.0693 e. The lowest BCUT2D eigenvalue weighted by atomic mass is 9.86. The van der Waals surface area contributed by atoms with E-state index in [2.05, 4.69) is 25.0 Å². The number of pyridine rings is 1. The number of hydrogen-bond donors (Lipinski definition) is 1. The Morgan fingerprint density at radius 2 is 2.20 bits per heavy atom. The van der Waals surface area contributed by atoms with Gasteiger partial charge in [0.1, 0.15) is 0 Å². The first-order chi connectivity index (χ1) is 7.12. The third-order valence-electron chi connectivity index (χ3n) is 2.73. The Hall–Kier alpha value is -1.35. The average molecular weight is 203 g/mol. The first-order valence-electron chi connectivity index (χ1n) is 5.24. The van der Waals surface area contributed by atoms with Crippen molar-refractivity contribution in [3.8, 4) is 0 Å². The van der Waals surface area contributed by atoms with E-state index in [0.717, 1.165) is 6.42 Å². The number of hydrogen-bond acceptors (Lipinski definition) is 2. The largest absolute Gasteiger partial charge is 0.330 e. The monoisotopic (exact) mass is 203 g/mol.